The molecule has 0 bridgehead atoms. The van der Waals surface area contributed by atoms with Gasteiger partial charge in [0.25, 0.3) is 5.91 Å². The predicted molar refractivity (Wildman–Crippen MR) is 88.2 cm³/mol. The third-order valence-electron chi connectivity index (χ3n) is 3.73. The highest BCUT2D eigenvalue weighted by molar-refractivity contribution is 5.97. The second-order valence-corrected chi connectivity index (χ2v) is 5.87. The van der Waals surface area contributed by atoms with Crippen molar-refractivity contribution in [2.75, 3.05) is 11.9 Å². The van der Waals surface area contributed by atoms with Gasteiger partial charge in [-0.3, -0.25) is 4.79 Å². The molecular formula is C17H25N3O2. The number of amides is 3. The van der Waals surface area contributed by atoms with Gasteiger partial charge in [0.2, 0.25) is 0 Å². The second kappa shape index (κ2) is 7.82. The van der Waals surface area contributed by atoms with Crippen molar-refractivity contribution in [3.8, 4) is 0 Å². The Bertz CT molecular complexity index is 539. The van der Waals surface area contributed by atoms with Crippen LogP contribution in [0.15, 0.2) is 18.2 Å². The molecule has 1 aromatic carbocycles. The zero-order valence-electron chi connectivity index (χ0n) is 13.4. The molecule has 0 atom stereocenters. The van der Waals surface area contributed by atoms with E-state index in [1.165, 1.54) is 0 Å². The Labute approximate surface area is 131 Å². The van der Waals surface area contributed by atoms with Crippen LogP contribution in [-0.4, -0.2) is 24.5 Å². The van der Waals surface area contributed by atoms with Crippen molar-refractivity contribution >= 4 is 17.6 Å². The van der Waals surface area contributed by atoms with Crippen molar-refractivity contribution in [1.29, 1.82) is 0 Å². The quantitative estimate of drug-likeness (QED) is 0.677. The fraction of sp³-hybridized carbons (Fsp3) is 0.529. The Morgan fingerprint density at radius 2 is 2.00 bits per heavy atom. The number of urea groups is 1. The number of carbonyl (C=O) groups excluding carboxylic acids is 2. The SMILES string of the molecule is CCCCCNC(=O)Nc1cc(C(=O)NC2CC2)ccc1C. The van der Waals surface area contributed by atoms with Crippen LogP contribution in [0.5, 0.6) is 0 Å². The largest absolute Gasteiger partial charge is 0.349 e. The molecule has 0 unspecified atom stereocenters. The van der Waals surface area contributed by atoms with Gasteiger partial charge in [-0.15, -0.1) is 0 Å². The monoisotopic (exact) mass is 303 g/mol. The first-order chi connectivity index (χ1) is 10.6. The molecule has 1 fully saturated rings. The smallest absolute Gasteiger partial charge is 0.319 e. The molecular weight excluding hydrogens is 278 g/mol. The maximum Gasteiger partial charge on any atom is 0.319 e. The summed E-state index contributed by atoms with van der Waals surface area (Å²) in [6.07, 6.45) is 5.33. The van der Waals surface area contributed by atoms with E-state index < -0.39 is 0 Å². The first-order valence-corrected chi connectivity index (χ1v) is 8.06. The fourth-order valence-electron chi connectivity index (χ4n) is 2.14. The molecule has 0 radical (unpaired) electrons. The van der Waals surface area contributed by atoms with Crippen molar-refractivity contribution in [3.05, 3.63) is 29.3 Å². The Kier molecular flexibility index (Phi) is 5.81. The zero-order chi connectivity index (χ0) is 15.9. The number of nitrogens with one attached hydrogen (secondary N) is 3. The van der Waals surface area contributed by atoms with Gasteiger partial charge in [-0.1, -0.05) is 25.8 Å². The number of benzene rings is 1. The first-order valence-electron chi connectivity index (χ1n) is 8.06. The van der Waals surface area contributed by atoms with Gasteiger partial charge in [0.1, 0.15) is 0 Å². The van der Waals surface area contributed by atoms with Crippen LogP contribution >= 0.6 is 0 Å². The summed E-state index contributed by atoms with van der Waals surface area (Å²) in [4.78, 5) is 23.9. The van der Waals surface area contributed by atoms with Gasteiger partial charge in [-0.25, -0.2) is 4.79 Å². The lowest BCUT2D eigenvalue weighted by Crippen LogP contribution is -2.30. The summed E-state index contributed by atoms with van der Waals surface area (Å²) in [5.74, 6) is -0.0751. The number of anilines is 1. The standard InChI is InChI=1S/C17H25N3O2/c1-3-4-5-10-18-17(22)20-15-11-13(7-6-12(15)2)16(21)19-14-8-9-14/h6-7,11,14H,3-5,8-10H2,1-2H3,(H,19,21)(H2,18,20,22). The van der Waals surface area contributed by atoms with E-state index in [2.05, 4.69) is 22.9 Å². The van der Waals surface area contributed by atoms with Crippen LogP contribution in [-0.2, 0) is 0 Å². The molecule has 5 heteroatoms. The highest BCUT2D eigenvalue weighted by Gasteiger charge is 2.24. The van der Waals surface area contributed by atoms with E-state index in [4.69, 9.17) is 0 Å². The van der Waals surface area contributed by atoms with E-state index in [9.17, 15) is 9.59 Å². The number of aryl methyl sites for hydroxylation is 1. The fourth-order valence-corrected chi connectivity index (χ4v) is 2.14. The molecule has 22 heavy (non-hydrogen) atoms. The number of carbonyl (C=O) groups is 2. The van der Waals surface area contributed by atoms with Crippen LogP contribution in [0.25, 0.3) is 0 Å². The van der Waals surface area contributed by atoms with Gasteiger partial charge in [0.15, 0.2) is 0 Å². The minimum Gasteiger partial charge on any atom is -0.349 e. The lowest BCUT2D eigenvalue weighted by atomic mass is 10.1. The van der Waals surface area contributed by atoms with Gasteiger partial charge < -0.3 is 16.0 Å². The zero-order valence-corrected chi connectivity index (χ0v) is 13.4. The minimum absolute atomic E-state index is 0.0751. The third-order valence-corrected chi connectivity index (χ3v) is 3.73. The van der Waals surface area contributed by atoms with Gasteiger partial charge in [0, 0.05) is 23.8 Å². The number of hydrogen-bond acceptors (Lipinski definition) is 2. The van der Waals surface area contributed by atoms with Crippen LogP contribution < -0.4 is 16.0 Å². The van der Waals surface area contributed by atoms with Crippen molar-refractivity contribution in [3.63, 3.8) is 0 Å². The van der Waals surface area contributed by atoms with Gasteiger partial charge in [-0.2, -0.15) is 0 Å². The van der Waals surface area contributed by atoms with Crippen LogP contribution in [0.1, 0.15) is 54.9 Å². The summed E-state index contributed by atoms with van der Waals surface area (Å²) in [6, 6.07) is 5.48. The molecule has 0 spiro atoms. The Hall–Kier alpha value is -2.04. The topological polar surface area (TPSA) is 70.2 Å². The summed E-state index contributed by atoms with van der Waals surface area (Å²) in [5.41, 5.74) is 2.20. The normalized spacial score (nSPS) is 13.5. The predicted octanol–water partition coefficient (Wildman–Crippen LogP) is 3.20. The average molecular weight is 303 g/mol. The van der Waals surface area contributed by atoms with E-state index >= 15 is 0 Å². The summed E-state index contributed by atoms with van der Waals surface area (Å²) in [7, 11) is 0. The van der Waals surface area contributed by atoms with Crippen molar-refractivity contribution in [2.24, 2.45) is 0 Å². The van der Waals surface area contributed by atoms with Crippen LogP contribution in [0.3, 0.4) is 0 Å². The number of rotatable bonds is 7. The average Bonchev–Trinajstić information content (AvgIpc) is 3.30. The molecule has 1 aromatic rings. The summed E-state index contributed by atoms with van der Waals surface area (Å²) < 4.78 is 0. The lowest BCUT2D eigenvalue weighted by Gasteiger charge is -2.12. The molecule has 1 aliphatic rings. The minimum atomic E-state index is -0.223. The van der Waals surface area contributed by atoms with Crippen molar-refractivity contribution in [1.82, 2.24) is 10.6 Å². The molecule has 0 heterocycles. The molecule has 5 nitrogen and oxygen atoms in total. The van der Waals surface area contributed by atoms with E-state index in [1.54, 1.807) is 12.1 Å². The summed E-state index contributed by atoms with van der Waals surface area (Å²) in [5, 5.41) is 8.61. The molecule has 0 aromatic heterocycles. The van der Waals surface area contributed by atoms with E-state index in [1.807, 2.05) is 13.0 Å². The molecule has 0 aliphatic heterocycles. The lowest BCUT2D eigenvalue weighted by molar-refractivity contribution is 0.0951. The van der Waals surface area contributed by atoms with E-state index in [-0.39, 0.29) is 11.9 Å². The van der Waals surface area contributed by atoms with Gasteiger partial charge in [0.05, 0.1) is 0 Å². The van der Waals surface area contributed by atoms with Crippen molar-refractivity contribution < 1.29 is 9.59 Å². The molecule has 0 saturated heterocycles. The maximum atomic E-state index is 12.0. The Morgan fingerprint density at radius 3 is 2.68 bits per heavy atom. The Morgan fingerprint density at radius 1 is 1.23 bits per heavy atom. The third kappa shape index (κ3) is 5.06. The molecule has 2 rings (SSSR count). The van der Waals surface area contributed by atoms with E-state index in [0.717, 1.165) is 37.7 Å². The maximum absolute atomic E-state index is 12.0. The highest BCUT2D eigenvalue weighted by Crippen LogP contribution is 2.21. The molecule has 120 valence electrons. The van der Waals surface area contributed by atoms with E-state index in [0.29, 0.717) is 23.8 Å². The molecule has 3 N–H and O–H groups in total. The van der Waals surface area contributed by atoms with Crippen LogP contribution in [0.4, 0.5) is 10.5 Å². The Balaban J connectivity index is 1.91. The summed E-state index contributed by atoms with van der Waals surface area (Å²) in [6.45, 7) is 4.71. The number of hydrogen-bond donors (Lipinski definition) is 3. The first kappa shape index (κ1) is 16.3. The van der Waals surface area contributed by atoms with Crippen LogP contribution in [0, 0.1) is 6.92 Å². The number of unbranched alkanes of at least 4 members (excludes halogenated alkanes) is 2. The molecule has 1 saturated carbocycles. The summed E-state index contributed by atoms with van der Waals surface area (Å²) >= 11 is 0. The highest BCUT2D eigenvalue weighted by atomic mass is 16.2. The molecule has 1 aliphatic carbocycles. The van der Waals surface area contributed by atoms with Gasteiger partial charge >= 0.3 is 6.03 Å². The molecule has 3 amide bonds. The van der Waals surface area contributed by atoms with Crippen molar-refractivity contribution in [2.45, 2.75) is 52.0 Å². The van der Waals surface area contributed by atoms with Gasteiger partial charge in [-0.05, 0) is 43.9 Å². The second-order valence-electron chi connectivity index (χ2n) is 5.87. The van der Waals surface area contributed by atoms with Crippen LogP contribution in [0.2, 0.25) is 0 Å².